The first kappa shape index (κ1) is 17.1. The summed E-state index contributed by atoms with van der Waals surface area (Å²) < 4.78 is 0. The Morgan fingerprint density at radius 3 is 3.08 bits per heavy atom. The van der Waals surface area contributed by atoms with Crippen LogP contribution in [0.4, 0.5) is 0 Å². The molecule has 0 saturated carbocycles. The molecule has 0 aromatic carbocycles. The maximum atomic E-state index is 12.6. The zero-order chi connectivity index (χ0) is 17.3. The summed E-state index contributed by atoms with van der Waals surface area (Å²) in [6.07, 6.45) is 3.19. The van der Waals surface area contributed by atoms with Gasteiger partial charge in [0.15, 0.2) is 5.82 Å². The van der Waals surface area contributed by atoms with Crippen molar-refractivity contribution in [3.63, 3.8) is 0 Å². The summed E-state index contributed by atoms with van der Waals surface area (Å²) in [6, 6.07) is 0.0499. The number of amides is 1. The van der Waals surface area contributed by atoms with Crippen LogP contribution in [0.2, 0.25) is 0 Å². The fourth-order valence-corrected chi connectivity index (χ4v) is 4.66. The third-order valence-corrected chi connectivity index (χ3v) is 5.80. The molecule has 0 saturated heterocycles. The van der Waals surface area contributed by atoms with E-state index in [0.717, 1.165) is 36.0 Å². The van der Waals surface area contributed by atoms with Gasteiger partial charge in [-0.25, -0.2) is 4.98 Å². The van der Waals surface area contributed by atoms with E-state index in [9.17, 15) is 9.59 Å². The van der Waals surface area contributed by atoms with Gasteiger partial charge in [0.2, 0.25) is 5.91 Å². The van der Waals surface area contributed by atoms with Crippen LogP contribution in [0.1, 0.15) is 49.5 Å². The van der Waals surface area contributed by atoms with Crippen LogP contribution in [0, 0.1) is 5.92 Å². The minimum Gasteiger partial charge on any atom is -0.351 e. The molecule has 7 heteroatoms. The number of nitrogens with one attached hydrogen (secondary N) is 2. The van der Waals surface area contributed by atoms with Crippen molar-refractivity contribution < 1.29 is 10.1 Å². The number of hydrogen-bond donors (Lipinski definition) is 3. The van der Waals surface area contributed by atoms with Gasteiger partial charge >= 0.3 is 0 Å². The van der Waals surface area contributed by atoms with Crippen molar-refractivity contribution >= 4 is 27.5 Å². The van der Waals surface area contributed by atoms with Crippen LogP contribution in [0.25, 0.3) is 10.2 Å². The molecule has 0 bridgehead atoms. The van der Waals surface area contributed by atoms with Gasteiger partial charge in [-0.1, -0.05) is 6.92 Å². The maximum absolute atomic E-state index is 12.6. The van der Waals surface area contributed by atoms with E-state index >= 15 is 0 Å². The third-order valence-electron chi connectivity index (χ3n) is 4.65. The fraction of sp³-hybridized carbons (Fsp3) is 0.588. The monoisotopic (exact) mass is 349 g/mol. The second-order valence-electron chi connectivity index (χ2n) is 6.78. The van der Waals surface area contributed by atoms with Crippen molar-refractivity contribution in [2.24, 2.45) is 5.92 Å². The number of rotatable bonds is 5. The molecule has 130 valence electrons. The summed E-state index contributed by atoms with van der Waals surface area (Å²) in [5.41, 5.74) is 1.21. The van der Waals surface area contributed by atoms with E-state index in [1.807, 2.05) is 6.92 Å². The lowest BCUT2D eigenvalue weighted by atomic mass is 9.89. The Morgan fingerprint density at radius 2 is 2.33 bits per heavy atom. The van der Waals surface area contributed by atoms with Gasteiger partial charge in [-0.15, -0.1) is 11.3 Å². The first-order chi connectivity index (χ1) is 11.5. The smallest absolute Gasteiger partial charge is 0.260 e. The second-order valence-corrected chi connectivity index (χ2v) is 7.86. The normalized spacial score (nSPS) is 18.4. The molecular formula is C17H25N4O2S+. The zero-order valence-electron chi connectivity index (χ0n) is 14.4. The first-order valence-electron chi connectivity index (χ1n) is 8.58. The molecule has 0 spiro atoms. The highest BCUT2D eigenvalue weighted by Crippen LogP contribution is 2.35. The molecule has 0 radical (unpaired) electrons. The number of thiophene rings is 1. The second kappa shape index (κ2) is 7.03. The molecule has 1 aliphatic carbocycles. The van der Waals surface area contributed by atoms with Crippen molar-refractivity contribution in [3.05, 3.63) is 26.6 Å². The highest BCUT2D eigenvalue weighted by atomic mass is 32.1. The van der Waals surface area contributed by atoms with Crippen molar-refractivity contribution in [3.8, 4) is 0 Å². The molecule has 2 atom stereocenters. The minimum absolute atomic E-state index is 0.0100. The van der Waals surface area contributed by atoms with Crippen LogP contribution in [0.3, 0.4) is 0 Å². The number of fused-ring (bicyclic) bond motifs is 3. The SMILES string of the molecule is CC(=O)NCC[NH2+][C@@H](C)c1nc2sc3c(c2c(=O)[nH]1)CC[C@H](C)C3. The molecular weight excluding hydrogens is 324 g/mol. The van der Waals surface area contributed by atoms with Gasteiger partial charge in [-0.05, 0) is 37.7 Å². The number of nitrogens with zero attached hydrogens (tertiary/aromatic N) is 1. The highest BCUT2D eigenvalue weighted by Gasteiger charge is 2.24. The van der Waals surface area contributed by atoms with Gasteiger partial charge in [0, 0.05) is 11.8 Å². The lowest BCUT2D eigenvalue weighted by Crippen LogP contribution is -2.86. The largest absolute Gasteiger partial charge is 0.351 e. The Labute approximate surface area is 145 Å². The highest BCUT2D eigenvalue weighted by molar-refractivity contribution is 7.18. The number of quaternary nitrogens is 1. The predicted molar refractivity (Wildman–Crippen MR) is 95.3 cm³/mol. The van der Waals surface area contributed by atoms with Crippen LogP contribution >= 0.6 is 11.3 Å². The Bertz CT molecular complexity index is 811. The van der Waals surface area contributed by atoms with Gasteiger partial charge < -0.3 is 15.6 Å². The Hall–Kier alpha value is -1.73. The molecule has 0 aliphatic heterocycles. The summed E-state index contributed by atoms with van der Waals surface area (Å²) in [5.74, 6) is 1.37. The van der Waals surface area contributed by atoms with Gasteiger partial charge in [0.1, 0.15) is 10.9 Å². The number of carbonyl (C=O) groups is 1. The number of aryl methyl sites for hydroxylation is 1. The van der Waals surface area contributed by atoms with E-state index in [4.69, 9.17) is 4.98 Å². The van der Waals surface area contributed by atoms with Crippen LogP contribution in [-0.4, -0.2) is 29.0 Å². The van der Waals surface area contributed by atoms with E-state index in [1.165, 1.54) is 17.4 Å². The molecule has 1 aliphatic rings. The summed E-state index contributed by atoms with van der Waals surface area (Å²) in [7, 11) is 0. The summed E-state index contributed by atoms with van der Waals surface area (Å²) in [5, 5.41) is 5.65. The van der Waals surface area contributed by atoms with E-state index in [1.54, 1.807) is 11.3 Å². The van der Waals surface area contributed by atoms with Crippen molar-refractivity contribution in [2.75, 3.05) is 13.1 Å². The minimum atomic E-state index is -0.0256. The summed E-state index contributed by atoms with van der Waals surface area (Å²) in [4.78, 5) is 33.4. The quantitative estimate of drug-likeness (QED) is 0.700. The molecule has 2 aromatic heterocycles. The van der Waals surface area contributed by atoms with E-state index in [2.05, 4.69) is 22.5 Å². The average molecular weight is 349 g/mol. The zero-order valence-corrected chi connectivity index (χ0v) is 15.3. The number of nitrogens with two attached hydrogens (primary N) is 1. The third kappa shape index (κ3) is 3.52. The molecule has 2 aromatic rings. The molecule has 0 unspecified atom stereocenters. The number of aromatic nitrogens is 2. The average Bonchev–Trinajstić information content (AvgIpc) is 2.88. The van der Waals surface area contributed by atoms with Crippen molar-refractivity contribution in [1.29, 1.82) is 0 Å². The van der Waals surface area contributed by atoms with Gasteiger partial charge in [-0.3, -0.25) is 9.59 Å². The van der Waals surface area contributed by atoms with E-state index in [0.29, 0.717) is 18.3 Å². The standard InChI is InChI=1S/C17H24N4O2S/c1-9-4-5-12-13(8-9)24-17-14(12)16(23)20-15(21-17)10(2)18-6-7-19-11(3)22/h9-10,18H,4-8H2,1-3H3,(H,19,22)(H,20,21,23)/p+1/t9-,10-/m0/s1. The lowest BCUT2D eigenvalue weighted by molar-refractivity contribution is -0.692. The van der Waals surface area contributed by atoms with Crippen LogP contribution < -0.4 is 16.2 Å². The van der Waals surface area contributed by atoms with Crippen molar-refractivity contribution in [1.82, 2.24) is 15.3 Å². The number of hydrogen-bond acceptors (Lipinski definition) is 4. The number of carbonyl (C=O) groups excluding carboxylic acids is 1. The summed E-state index contributed by atoms with van der Waals surface area (Å²) >= 11 is 1.68. The van der Waals surface area contributed by atoms with E-state index in [-0.39, 0.29) is 17.5 Å². The first-order valence-corrected chi connectivity index (χ1v) is 9.39. The summed E-state index contributed by atoms with van der Waals surface area (Å²) in [6.45, 7) is 7.16. The van der Waals surface area contributed by atoms with Crippen molar-refractivity contribution in [2.45, 2.75) is 46.1 Å². The molecule has 2 heterocycles. The molecule has 6 nitrogen and oxygen atoms in total. The van der Waals surface area contributed by atoms with Crippen LogP contribution in [-0.2, 0) is 17.6 Å². The Morgan fingerprint density at radius 1 is 1.54 bits per heavy atom. The van der Waals surface area contributed by atoms with E-state index < -0.39 is 0 Å². The van der Waals surface area contributed by atoms with Gasteiger partial charge in [-0.2, -0.15) is 0 Å². The Balaban J connectivity index is 1.80. The predicted octanol–water partition coefficient (Wildman–Crippen LogP) is 0.870. The van der Waals surface area contributed by atoms with Gasteiger partial charge in [0.05, 0.1) is 18.5 Å². The van der Waals surface area contributed by atoms with Crippen LogP contribution in [0.15, 0.2) is 4.79 Å². The fourth-order valence-electron chi connectivity index (χ4n) is 3.27. The maximum Gasteiger partial charge on any atom is 0.260 e. The lowest BCUT2D eigenvalue weighted by Gasteiger charge is -2.17. The number of H-pyrrole nitrogens is 1. The molecule has 0 fully saturated rings. The molecule has 4 N–H and O–H groups in total. The Kier molecular flexibility index (Phi) is 5.01. The molecule has 24 heavy (non-hydrogen) atoms. The van der Waals surface area contributed by atoms with Gasteiger partial charge in [0.25, 0.3) is 5.56 Å². The van der Waals surface area contributed by atoms with Crippen LogP contribution in [0.5, 0.6) is 0 Å². The topological polar surface area (TPSA) is 91.5 Å². The molecule has 3 rings (SSSR count). The molecule has 1 amide bonds. The number of aromatic amines is 1.